The number of allylic oxidation sites excluding steroid dienone is 1. The van der Waals surface area contributed by atoms with Crippen LogP contribution in [0, 0.1) is 0 Å². The van der Waals surface area contributed by atoms with Crippen molar-refractivity contribution in [1.29, 1.82) is 0 Å². The molecule has 1 aliphatic rings. The fourth-order valence-electron chi connectivity index (χ4n) is 1.52. The topological polar surface area (TPSA) is 46.7 Å². The molecule has 15 heavy (non-hydrogen) atoms. The molecular formula is C11H12O3S. The fourth-order valence-corrected chi connectivity index (χ4v) is 3.06. The van der Waals surface area contributed by atoms with E-state index in [0.29, 0.717) is 10.7 Å². The number of hydrogen-bond donors (Lipinski definition) is 0. The summed E-state index contributed by atoms with van der Waals surface area (Å²) in [7, 11) is -3.42. The van der Waals surface area contributed by atoms with Gasteiger partial charge in [-0.25, -0.2) is 8.42 Å². The van der Waals surface area contributed by atoms with Crippen molar-refractivity contribution in [3.8, 4) is 0 Å². The Hall–Kier alpha value is -1.29. The molecule has 0 N–H and O–H groups in total. The van der Waals surface area contributed by atoms with Gasteiger partial charge in [-0.05, 0) is 32.1 Å². The van der Waals surface area contributed by atoms with Gasteiger partial charge in [0.2, 0.25) is 9.84 Å². The molecule has 1 fully saturated rings. The van der Waals surface area contributed by atoms with Crippen molar-refractivity contribution in [3.63, 3.8) is 0 Å². The van der Waals surface area contributed by atoms with Gasteiger partial charge in [0.1, 0.15) is 0 Å². The molecule has 2 rings (SSSR count). The van der Waals surface area contributed by atoms with Crippen LogP contribution in [0.4, 0.5) is 0 Å². The Bertz CT molecular complexity index is 502. The number of sulfone groups is 1. The number of rotatable bonds is 2. The Labute approximate surface area is 89.3 Å². The molecule has 1 saturated heterocycles. The Morgan fingerprint density at radius 3 is 2.33 bits per heavy atom. The van der Waals surface area contributed by atoms with E-state index in [-0.39, 0.29) is 0 Å². The summed E-state index contributed by atoms with van der Waals surface area (Å²) in [5.74, 6) is 0.520. The average Bonchev–Trinajstić information content (AvgIpc) is 2.93. The lowest BCUT2D eigenvalue weighted by atomic mass is 10.4. The lowest BCUT2D eigenvalue weighted by molar-refractivity contribution is 0.397. The molecule has 0 saturated carbocycles. The van der Waals surface area contributed by atoms with Crippen molar-refractivity contribution < 1.29 is 13.2 Å². The van der Waals surface area contributed by atoms with E-state index in [1.54, 1.807) is 50.3 Å². The van der Waals surface area contributed by atoms with Crippen LogP contribution in [0.1, 0.15) is 13.8 Å². The third-order valence-corrected chi connectivity index (χ3v) is 4.74. The van der Waals surface area contributed by atoms with Crippen molar-refractivity contribution in [2.24, 2.45) is 0 Å². The van der Waals surface area contributed by atoms with Crippen molar-refractivity contribution in [2.45, 2.75) is 23.7 Å². The zero-order valence-electron chi connectivity index (χ0n) is 8.60. The number of hydrogen-bond acceptors (Lipinski definition) is 3. The molecule has 80 valence electrons. The van der Waals surface area contributed by atoms with Crippen LogP contribution in [0.5, 0.6) is 0 Å². The quantitative estimate of drug-likeness (QED) is 0.723. The smallest absolute Gasteiger partial charge is 0.266 e. The van der Waals surface area contributed by atoms with Gasteiger partial charge in [0.05, 0.1) is 4.90 Å². The fraction of sp³-hybridized carbons (Fsp3) is 0.273. The van der Waals surface area contributed by atoms with Gasteiger partial charge in [0.15, 0.2) is 5.76 Å². The van der Waals surface area contributed by atoms with Crippen LogP contribution in [-0.2, 0) is 14.6 Å². The van der Waals surface area contributed by atoms with Crippen molar-refractivity contribution in [3.05, 3.63) is 42.2 Å². The zero-order valence-corrected chi connectivity index (χ0v) is 9.41. The molecule has 0 radical (unpaired) electrons. The monoisotopic (exact) mass is 224 g/mol. The normalized spacial score (nSPS) is 27.5. The van der Waals surface area contributed by atoms with Crippen LogP contribution < -0.4 is 0 Å². The summed E-state index contributed by atoms with van der Waals surface area (Å²) in [6.07, 6.45) is 1.68. The first-order chi connectivity index (χ1) is 7.02. The van der Waals surface area contributed by atoms with Crippen molar-refractivity contribution in [1.82, 2.24) is 0 Å². The summed E-state index contributed by atoms with van der Waals surface area (Å²) >= 11 is 0. The first kappa shape index (κ1) is 10.2. The van der Waals surface area contributed by atoms with Crippen LogP contribution in [-0.4, -0.2) is 13.4 Å². The average molecular weight is 224 g/mol. The summed E-state index contributed by atoms with van der Waals surface area (Å²) in [5.41, 5.74) is 0. The molecule has 1 aromatic carbocycles. The standard InChI is InChI=1S/C11H12O3S/c1-3-10-11(2,14-10)15(12,13)9-7-5-4-6-8-9/h3-8H,1-2H3/b10-3-. The van der Waals surface area contributed by atoms with E-state index in [1.807, 2.05) is 0 Å². The maximum absolute atomic E-state index is 12.1. The molecule has 0 bridgehead atoms. The molecule has 1 heterocycles. The Kier molecular flexibility index (Phi) is 2.12. The highest BCUT2D eigenvalue weighted by Gasteiger charge is 2.59. The van der Waals surface area contributed by atoms with E-state index < -0.39 is 14.8 Å². The molecule has 0 aliphatic carbocycles. The molecule has 1 atom stereocenters. The first-order valence-electron chi connectivity index (χ1n) is 4.68. The van der Waals surface area contributed by atoms with Gasteiger partial charge < -0.3 is 4.74 Å². The van der Waals surface area contributed by atoms with Crippen LogP contribution in [0.2, 0.25) is 0 Å². The van der Waals surface area contributed by atoms with E-state index in [1.165, 1.54) is 0 Å². The summed E-state index contributed by atoms with van der Waals surface area (Å²) < 4.78 is 29.4. The zero-order chi connectivity index (χ0) is 11.1. The van der Waals surface area contributed by atoms with Crippen molar-refractivity contribution in [2.75, 3.05) is 0 Å². The van der Waals surface area contributed by atoms with Crippen LogP contribution >= 0.6 is 0 Å². The Morgan fingerprint density at radius 2 is 1.87 bits per heavy atom. The summed E-state index contributed by atoms with van der Waals surface area (Å²) in [4.78, 5) is -0.854. The summed E-state index contributed by atoms with van der Waals surface area (Å²) in [6.45, 7) is 3.34. The maximum atomic E-state index is 12.1. The van der Waals surface area contributed by atoms with Gasteiger partial charge in [-0.1, -0.05) is 18.2 Å². The largest absolute Gasteiger partial charge is 0.463 e. The second-order valence-corrected chi connectivity index (χ2v) is 5.77. The van der Waals surface area contributed by atoms with E-state index >= 15 is 0 Å². The minimum atomic E-state index is -3.42. The van der Waals surface area contributed by atoms with Gasteiger partial charge in [-0.3, -0.25) is 0 Å². The maximum Gasteiger partial charge on any atom is 0.266 e. The van der Waals surface area contributed by atoms with Gasteiger partial charge in [-0.15, -0.1) is 0 Å². The minimum Gasteiger partial charge on any atom is -0.463 e. The third kappa shape index (κ3) is 1.36. The second kappa shape index (κ2) is 3.10. The SMILES string of the molecule is C/C=C1\OC1(C)S(=O)(=O)c1ccccc1. The lowest BCUT2D eigenvalue weighted by Crippen LogP contribution is -2.20. The minimum absolute atomic E-state index is 0.296. The third-order valence-electron chi connectivity index (χ3n) is 2.54. The molecule has 0 aromatic heterocycles. The van der Waals surface area contributed by atoms with Crippen LogP contribution in [0.25, 0.3) is 0 Å². The van der Waals surface area contributed by atoms with E-state index in [2.05, 4.69) is 0 Å². The molecule has 0 spiro atoms. The van der Waals surface area contributed by atoms with Crippen molar-refractivity contribution >= 4 is 9.84 Å². The Morgan fingerprint density at radius 1 is 1.27 bits per heavy atom. The molecule has 4 heteroatoms. The predicted molar refractivity (Wildman–Crippen MR) is 56.9 cm³/mol. The molecule has 3 nitrogen and oxygen atoms in total. The van der Waals surface area contributed by atoms with Gasteiger partial charge in [-0.2, -0.15) is 0 Å². The first-order valence-corrected chi connectivity index (χ1v) is 6.16. The molecule has 1 aromatic rings. The summed E-state index contributed by atoms with van der Waals surface area (Å²) in [6, 6.07) is 8.35. The number of benzene rings is 1. The summed E-state index contributed by atoms with van der Waals surface area (Å²) in [5, 5.41) is 0. The van der Waals surface area contributed by atoms with E-state index in [0.717, 1.165) is 0 Å². The van der Waals surface area contributed by atoms with Crippen LogP contribution in [0.3, 0.4) is 0 Å². The number of ether oxygens (including phenoxy) is 1. The van der Waals surface area contributed by atoms with Gasteiger partial charge >= 0.3 is 0 Å². The van der Waals surface area contributed by atoms with Gasteiger partial charge in [0.25, 0.3) is 4.93 Å². The second-order valence-electron chi connectivity index (χ2n) is 3.52. The van der Waals surface area contributed by atoms with E-state index in [9.17, 15) is 8.42 Å². The molecular weight excluding hydrogens is 212 g/mol. The molecule has 1 aliphatic heterocycles. The molecule has 1 unspecified atom stereocenters. The number of epoxide rings is 1. The van der Waals surface area contributed by atoms with Gasteiger partial charge in [0, 0.05) is 0 Å². The Balaban J connectivity index is 2.47. The molecule has 0 amide bonds. The van der Waals surface area contributed by atoms with E-state index in [4.69, 9.17) is 4.74 Å². The highest BCUT2D eigenvalue weighted by molar-refractivity contribution is 7.93. The van der Waals surface area contributed by atoms with Crippen LogP contribution in [0.15, 0.2) is 47.1 Å². The predicted octanol–water partition coefficient (Wildman–Crippen LogP) is 2.11. The lowest BCUT2D eigenvalue weighted by Gasteiger charge is -2.05. The highest BCUT2D eigenvalue weighted by Crippen LogP contribution is 2.47. The highest BCUT2D eigenvalue weighted by atomic mass is 32.2.